The maximum Gasteiger partial charge on any atom is 0.378 e. The van der Waals surface area contributed by atoms with E-state index in [9.17, 15) is 4.79 Å². The molecule has 2 aromatic carbocycles. The summed E-state index contributed by atoms with van der Waals surface area (Å²) in [5.74, 6) is 0.0970. The Morgan fingerprint density at radius 1 is 0.939 bits per heavy atom. The molecule has 5 nitrogen and oxygen atoms in total. The van der Waals surface area contributed by atoms with Gasteiger partial charge in [0.2, 0.25) is 5.76 Å². The van der Waals surface area contributed by atoms with Gasteiger partial charge in [-0.25, -0.2) is 4.79 Å². The standard InChI is InChI=1S/C26H33IO5Si/c1-26(2,3)33(4,5)31-18-21(27)22-23(29-16-19-12-8-6-9-13-19)24(25(28)32-22)30-17-20-14-10-7-11-15-20/h6-15,21-22H,16-18H2,1-5H3/t21-,22-/m1/s1. The molecule has 3 rings (SSSR count). The van der Waals surface area contributed by atoms with E-state index in [2.05, 4.69) is 56.5 Å². The number of halogens is 1. The maximum atomic E-state index is 12.8. The molecule has 0 bridgehead atoms. The van der Waals surface area contributed by atoms with Crippen LogP contribution < -0.4 is 0 Å². The lowest BCUT2D eigenvalue weighted by atomic mass is 10.2. The average Bonchev–Trinajstić information content (AvgIpc) is 3.10. The van der Waals surface area contributed by atoms with Gasteiger partial charge in [-0.2, -0.15) is 0 Å². The lowest BCUT2D eigenvalue weighted by Gasteiger charge is -2.37. The molecule has 0 radical (unpaired) electrons. The number of carbonyl (C=O) groups is 1. The van der Waals surface area contributed by atoms with Crippen LogP contribution in [-0.4, -0.2) is 30.9 Å². The molecule has 0 amide bonds. The van der Waals surface area contributed by atoms with Gasteiger partial charge in [0.05, 0.1) is 3.92 Å². The number of cyclic esters (lactones) is 1. The van der Waals surface area contributed by atoms with Gasteiger partial charge < -0.3 is 18.6 Å². The minimum atomic E-state index is -1.94. The van der Waals surface area contributed by atoms with Crippen molar-refractivity contribution in [2.24, 2.45) is 0 Å². The Labute approximate surface area is 211 Å². The number of carbonyl (C=O) groups excluding carboxylic acids is 1. The van der Waals surface area contributed by atoms with E-state index in [1.807, 2.05) is 60.7 Å². The fourth-order valence-corrected chi connectivity index (χ4v) is 5.05. The molecule has 0 spiro atoms. The van der Waals surface area contributed by atoms with Crippen molar-refractivity contribution in [1.29, 1.82) is 0 Å². The van der Waals surface area contributed by atoms with Gasteiger partial charge in [0.15, 0.2) is 20.2 Å². The Morgan fingerprint density at radius 3 is 1.97 bits per heavy atom. The molecule has 1 aliphatic rings. The topological polar surface area (TPSA) is 54.0 Å². The van der Waals surface area contributed by atoms with Crippen molar-refractivity contribution in [1.82, 2.24) is 0 Å². The quantitative estimate of drug-likeness (QED) is 0.141. The van der Waals surface area contributed by atoms with Crippen molar-refractivity contribution in [2.75, 3.05) is 6.61 Å². The van der Waals surface area contributed by atoms with E-state index in [0.717, 1.165) is 11.1 Å². The number of hydrogen-bond acceptors (Lipinski definition) is 5. The van der Waals surface area contributed by atoms with Gasteiger partial charge in [-0.1, -0.05) is 104 Å². The molecular weight excluding hydrogens is 547 g/mol. The Bertz CT molecular complexity index is 954. The molecule has 1 aliphatic heterocycles. The predicted molar refractivity (Wildman–Crippen MR) is 140 cm³/mol. The normalized spacial score (nSPS) is 17.6. The van der Waals surface area contributed by atoms with Crippen LogP contribution in [0.1, 0.15) is 31.9 Å². The molecule has 2 atom stereocenters. The Kier molecular flexibility index (Phi) is 8.63. The third-order valence-electron chi connectivity index (χ3n) is 6.10. The Hall–Kier alpha value is -1.84. The zero-order valence-electron chi connectivity index (χ0n) is 20.0. The number of ether oxygens (including phenoxy) is 3. The van der Waals surface area contributed by atoms with E-state index >= 15 is 0 Å². The summed E-state index contributed by atoms with van der Waals surface area (Å²) in [4.78, 5) is 12.8. The molecule has 0 aromatic heterocycles. The van der Waals surface area contributed by atoms with Crippen molar-refractivity contribution < 1.29 is 23.4 Å². The summed E-state index contributed by atoms with van der Waals surface area (Å²) in [5, 5.41) is 0.0994. The number of alkyl halides is 1. The first-order chi connectivity index (χ1) is 15.6. The van der Waals surface area contributed by atoms with Gasteiger partial charge in [0.1, 0.15) is 13.2 Å². The van der Waals surface area contributed by atoms with Crippen molar-refractivity contribution in [3.63, 3.8) is 0 Å². The number of benzene rings is 2. The third kappa shape index (κ3) is 6.83. The molecule has 0 fully saturated rings. The summed E-state index contributed by atoms with van der Waals surface area (Å²) in [5.41, 5.74) is 1.98. The van der Waals surface area contributed by atoms with E-state index in [1.165, 1.54) is 0 Å². The minimum absolute atomic E-state index is 0.0994. The molecule has 0 N–H and O–H groups in total. The second-order valence-corrected chi connectivity index (χ2v) is 16.1. The van der Waals surface area contributed by atoms with Gasteiger partial charge in [-0.3, -0.25) is 0 Å². The highest BCUT2D eigenvalue weighted by atomic mass is 127. The van der Waals surface area contributed by atoms with Crippen LogP contribution in [-0.2, 0) is 36.6 Å². The maximum absolute atomic E-state index is 12.8. The second kappa shape index (κ2) is 11.1. The summed E-state index contributed by atoms with van der Waals surface area (Å²) in [6.07, 6.45) is -0.558. The van der Waals surface area contributed by atoms with Gasteiger partial charge >= 0.3 is 5.97 Å². The molecule has 33 heavy (non-hydrogen) atoms. The van der Waals surface area contributed by atoms with E-state index in [1.54, 1.807) is 0 Å². The fourth-order valence-electron chi connectivity index (χ4n) is 3.02. The SMILES string of the molecule is CC(C)(C)[Si](C)(C)OC[C@@H](I)[C@H]1OC(=O)C(OCc2ccccc2)=C1OCc1ccccc1. The smallest absolute Gasteiger partial charge is 0.378 e. The lowest BCUT2D eigenvalue weighted by molar-refractivity contribution is -0.143. The first-order valence-corrected chi connectivity index (χ1v) is 15.3. The highest BCUT2D eigenvalue weighted by molar-refractivity contribution is 14.1. The molecule has 0 unspecified atom stereocenters. The van der Waals surface area contributed by atoms with Crippen LogP contribution in [0.3, 0.4) is 0 Å². The van der Waals surface area contributed by atoms with Crippen LogP contribution >= 0.6 is 22.6 Å². The van der Waals surface area contributed by atoms with Crippen LogP contribution in [0.4, 0.5) is 0 Å². The molecule has 178 valence electrons. The molecular formula is C26H33IO5Si. The summed E-state index contributed by atoms with van der Waals surface area (Å²) in [7, 11) is -1.94. The average molecular weight is 581 g/mol. The Morgan fingerprint density at radius 2 is 1.45 bits per heavy atom. The van der Waals surface area contributed by atoms with Crippen molar-refractivity contribution in [3.8, 4) is 0 Å². The first-order valence-electron chi connectivity index (χ1n) is 11.1. The fraction of sp³-hybridized carbons (Fsp3) is 0.423. The van der Waals surface area contributed by atoms with Gasteiger partial charge in [0, 0.05) is 6.61 Å². The third-order valence-corrected chi connectivity index (χ3v) is 11.6. The highest BCUT2D eigenvalue weighted by Crippen LogP contribution is 2.38. The van der Waals surface area contributed by atoms with Crippen molar-refractivity contribution in [3.05, 3.63) is 83.3 Å². The number of esters is 1. The second-order valence-electron chi connectivity index (χ2n) is 9.66. The predicted octanol–water partition coefficient (Wildman–Crippen LogP) is 6.38. The van der Waals surface area contributed by atoms with E-state index in [-0.39, 0.29) is 21.3 Å². The van der Waals surface area contributed by atoms with E-state index < -0.39 is 20.4 Å². The molecule has 2 aromatic rings. The molecule has 0 saturated carbocycles. The Balaban J connectivity index is 1.78. The zero-order chi connectivity index (χ0) is 24.1. The summed E-state index contributed by atoms with van der Waals surface area (Å²) in [6, 6.07) is 19.6. The number of rotatable bonds is 10. The van der Waals surface area contributed by atoms with Crippen LogP contribution in [0.5, 0.6) is 0 Å². The summed E-state index contributed by atoms with van der Waals surface area (Å²) in [6.45, 7) is 12.1. The highest BCUT2D eigenvalue weighted by Gasteiger charge is 2.44. The largest absolute Gasteiger partial charge is 0.485 e. The first kappa shape index (κ1) is 25.8. The zero-order valence-corrected chi connectivity index (χ0v) is 23.1. The monoisotopic (exact) mass is 580 g/mol. The van der Waals surface area contributed by atoms with Crippen LogP contribution in [0.25, 0.3) is 0 Å². The van der Waals surface area contributed by atoms with Gasteiger partial charge in [-0.15, -0.1) is 0 Å². The van der Waals surface area contributed by atoms with Crippen LogP contribution in [0.2, 0.25) is 18.1 Å². The summed E-state index contributed by atoms with van der Waals surface area (Å²) < 4.78 is 24.1. The number of hydrogen-bond donors (Lipinski definition) is 0. The van der Waals surface area contributed by atoms with Crippen molar-refractivity contribution >= 4 is 36.9 Å². The summed E-state index contributed by atoms with van der Waals surface area (Å²) >= 11 is 2.29. The van der Waals surface area contributed by atoms with Crippen LogP contribution in [0.15, 0.2) is 72.2 Å². The molecule has 7 heteroatoms. The van der Waals surface area contributed by atoms with Gasteiger partial charge in [0.25, 0.3) is 0 Å². The lowest BCUT2D eigenvalue weighted by Crippen LogP contribution is -2.43. The van der Waals surface area contributed by atoms with Crippen LogP contribution in [0, 0.1) is 0 Å². The molecule has 1 heterocycles. The molecule has 0 saturated heterocycles. The molecule has 0 aliphatic carbocycles. The van der Waals surface area contributed by atoms with E-state index in [4.69, 9.17) is 18.6 Å². The minimum Gasteiger partial charge on any atom is -0.485 e. The van der Waals surface area contributed by atoms with Gasteiger partial charge in [-0.05, 0) is 29.3 Å². The van der Waals surface area contributed by atoms with E-state index in [0.29, 0.717) is 19.0 Å². The van der Waals surface area contributed by atoms with Crippen molar-refractivity contribution in [2.45, 2.75) is 62.1 Å².